The first kappa shape index (κ1) is 19.9. The fourth-order valence-electron chi connectivity index (χ4n) is 3.89. The van der Waals surface area contributed by atoms with Crippen LogP contribution in [0.1, 0.15) is 19.3 Å². The highest BCUT2D eigenvalue weighted by Gasteiger charge is 2.18. The number of nitrogens with zero attached hydrogens (tertiary/aromatic N) is 4. The van der Waals surface area contributed by atoms with Crippen molar-refractivity contribution in [2.75, 3.05) is 23.3 Å². The van der Waals surface area contributed by atoms with Gasteiger partial charge in [-0.25, -0.2) is 9.97 Å². The van der Waals surface area contributed by atoms with Gasteiger partial charge in [0.25, 0.3) is 5.56 Å². The predicted molar refractivity (Wildman–Crippen MR) is 126 cm³/mol. The Bertz CT molecular complexity index is 1270. The minimum Gasteiger partial charge on any atom is -0.355 e. The third-order valence-electron chi connectivity index (χ3n) is 5.38. The molecule has 0 bridgehead atoms. The smallest absolute Gasteiger partial charge is 0.263 e. The lowest BCUT2D eigenvalue weighted by molar-refractivity contribution is -0.116. The van der Waals surface area contributed by atoms with Crippen LogP contribution in [-0.4, -0.2) is 33.5 Å². The summed E-state index contributed by atoms with van der Waals surface area (Å²) >= 11 is 3.02. The maximum atomic E-state index is 13.1. The predicted octanol–water partition coefficient (Wildman–Crippen LogP) is 4.21. The van der Waals surface area contributed by atoms with E-state index in [9.17, 15) is 9.59 Å². The Kier molecular flexibility index (Phi) is 5.52. The molecule has 4 aromatic rings. The van der Waals surface area contributed by atoms with E-state index >= 15 is 0 Å². The van der Waals surface area contributed by atoms with Crippen LogP contribution in [0.5, 0.6) is 0 Å². The van der Waals surface area contributed by atoms with Crippen molar-refractivity contribution >= 4 is 50.3 Å². The van der Waals surface area contributed by atoms with Crippen molar-refractivity contribution in [1.29, 1.82) is 0 Å². The van der Waals surface area contributed by atoms with Gasteiger partial charge in [-0.1, -0.05) is 6.07 Å². The zero-order valence-corrected chi connectivity index (χ0v) is 18.4. The van der Waals surface area contributed by atoms with E-state index in [4.69, 9.17) is 0 Å². The summed E-state index contributed by atoms with van der Waals surface area (Å²) < 4.78 is 1.37. The van der Waals surface area contributed by atoms with E-state index in [1.165, 1.54) is 28.7 Å². The number of thiophene rings is 2. The van der Waals surface area contributed by atoms with Crippen LogP contribution in [0.3, 0.4) is 0 Å². The first-order valence-electron chi connectivity index (χ1n) is 10.2. The Labute approximate surface area is 187 Å². The SMILES string of the molecule is O=C(Cn1cnc2scc(-c3cccs3)c2c1=O)Nc1cccnc1N1CCCCC1. The molecule has 0 radical (unpaired) electrons. The van der Waals surface area contributed by atoms with E-state index in [1.807, 2.05) is 35.0 Å². The van der Waals surface area contributed by atoms with Gasteiger partial charge in [0.1, 0.15) is 11.4 Å². The van der Waals surface area contributed by atoms with Gasteiger partial charge in [0.15, 0.2) is 5.82 Å². The molecule has 5 rings (SSSR count). The second-order valence-electron chi connectivity index (χ2n) is 7.45. The fourth-order valence-corrected chi connectivity index (χ4v) is 5.61. The van der Waals surface area contributed by atoms with Crippen molar-refractivity contribution in [2.45, 2.75) is 25.8 Å². The van der Waals surface area contributed by atoms with Gasteiger partial charge in [-0.05, 0) is 42.8 Å². The normalized spacial score (nSPS) is 14.1. The Morgan fingerprint density at radius 3 is 2.77 bits per heavy atom. The number of anilines is 2. The molecule has 7 nitrogen and oxygen atoms in total. The van der Waals surface area contributed by atoms with Gasteiger partial charge < -0.3 is 10.2 Å². The lowest BCUT2D eigenvalue weighted by atomic mass is 10.1. The van der Waals surface area contributed by atoms with Crippen molar-refractivity contribution in [2.24, 2.45) is 0 Å². The zero-order chi connectivity index (χ0) is 21.2. The average Bonchev–Trinajstić information content (AvgIpc) is 3.47. The van der Waals surface area contributed by atoms with Gasteiger partial charge in [-0.3, -0.25) is 14.2 Å². The first-order chi connectivity index (χ1) is 15.2. The summed E-state index contributed by atoms with van der Waals surface area (Å²) in [5.74, 6) is 0.511. The van der Waals surface area contributed by atoms with Gasteiger partial charge in [0.2, 0.25) is 5.91 Å². The third-order valence-corrected chi connectivity index (χ3v) is 7.17. The number of rotatable bonds is 5. The van der Waals surface area contributed by atoms with Gasteiger partial charge in [-0.2, -0.15) is 0 Å². The summed E-state index contributed by atoms with van der Waals surface area (Å²) in [6.45, 7) is 1.77. The first-order valence-corrected chi connectivity index (χ1v) is 12.0. The van der Waals surface area contributed by atoms with E-state index in [0.717, 1.165) is 42.2 Å². The molecule has 1 N–H and O–H groups in total. The summed E-state index contributed by atoms with van der Waals surface area (Å²) in [5.41, 5.74) is 1.35. The molecule has 31 heavy (non-hydrogen) atoms. The van der Waals surface area contributed by atoms with Crippen molar-refractivity contribution in [3.8, 4) is 10.4 Å². The van der Waals surface area contributed by atoms with Gasteiger partial charge >= 0.3 is 0 Å². The van der Waals surface area contributed by atoms with Crippen LogP contribution in [0.4, 0.5) is 11.5 Å². The molecule has 0 spiro atoms. The van der Waals surface area contributed by atoms with E-state index in [1.54, 1.807) is 17.5 Å². The molecule has 4 aromatic heterocycles. The number of piperidine rings is 1. The molecule has 0 aromatic carbocycles. The molecule has 1 aliphatic rings. The molecule has 0 aliphatic carbocycles. The molecule has 0 unspecified atom stereocenters. The Balaban J connectivity index is 1.40. The minimum atomic E-state index is -0.276. The maximum Gasteiger partial charge on any atom is 0.263 e. The second kappa shape index (κ2) is 8.60. The Morgan fingerprint density at radius 2 is 1.97 bits per heavy atom. The Hall–Kier alpha value is -3.04. The van der Waals surface area contributed by atoms with Crippen LogP contribution in [0.25, 0.3) is 20.7 Å². The monoisotopic (exact) mass is 451 g/mol. The van der Waals surface area contributed by atoms with E-state index < -0.39 is 0 Å². The average molecular weight is 452 g/mol. The van der Waals surface area contributed by atoms with Crippen LogP contribution in [0, 0.1) is 0 Å². The summed E-state index contributed by atoms with van der Waals surface area (Å²) in [4.78, 5) is 38.8. The van der Waals surface area contributed by atoms with Crippen LogP contribution in [-0.2, 0) is 11.3 Å². The largest absolute Gasteiger partial charge is 0.355 e. The molecule has 1 amide bonds. The van der Waals surface area contributed by atoms with Gasteiger partial charge in [0, 0.05) is 35.1 Å². The summed E-state index contributed by atoms with van der Waals surface area (Å²) in [7, 11) is 0. The number of fused-ring (bicyclic) bond motifs is 1. The van der Waals surface area contributed by atoms with Crippen molar-refractivity contribution in [3.63, 3.8) is 0 Å². The summed E-state index contributed by atoms with van der Waals surface area (Å²) in [6, 6.07) is 7.61. The number of nitrogens with one attached hydrogen (secondary N) is 1. The number of amides is 1. The standard InChI is InChI=1S/C22H21N5O2S2/c28-18(25-16-6-4-8-23-20(16)26-9-2-1-3-10-26)12-27-14-24-21-19(22(27)29)15(13-31-21)17-7-5-11-30-17/h4-8,11,13-14H,1-3,9-10,12H2,(H,25,28). The quantitative estimate of drug-likeness (QED) is 0.492. The van der Waals surface area contributed by atoms with Crippen molar-refractivity contribution in [3.05, 3.63) is 57.9 Å². The van der Waals surface area contributed by atoms with Crippen LogP contribution in [0.2, 0.25) is 0 Å². The van der Waals surface area contributed by atoms with E-state index in [-0.39, 0.29) is 18.0 Å². The second-order valence-corrected chi connectivity index (χ2v) is 9.26. The fraction of sp³-hybridized carbons (Fsp3) is 0.273. The molecule has 158 valence electrons. The molecular formula is C22H21N5O2S2. The molecule has 0 saturated carbocycles. The summed E-state index contributed by atoms with van der Waals surface area (Å²) in [6.07, 6.45) is 6.66. The highest BCUT2D eigenvalue weighted by Crippen LogP contribution is 2.33. The minimum absolute atomic E-state index is 0.101. The van der Waals surface area contributed by atoms with Crippen LogP contribution in [0.15, 0.2) is 52.3 Å². The molecule has 9 heteroatoms. The number of hydrogen-bond donors (Lipinski definition) is 1. The van der Waals surface area contributed by atoms with Gasteiger partial charge in [-0.15, -0.1) is 22.7 Å². The molecule has 0 atom stereocenters. The highest BCUT2D eigenvalue weighted by molar-refractivity contribution is 7.18. The zero-order valence-electron chi connectivity index (χ0n) is 16.8. The Morgan fingerprint density at radius 1 is 1.10 bits per heavy atom. The lowest BCUT2D eigenvalue weighted by Crippen LogP contribution is -2.32. The highest BCUT2D eigenvalue weighted by atomic mass is 32.1. The molecular weight excluding hydrogens is 430 g/mol. The number of pyridine rings is 1. The van der Waals surface area contributed by atoms with E-state index in [0.29, 0.717) is 15.9 Å². The van der Waals surface area contributed by atoms with Crippen LogP contribution < -0.4 is 15.8 Å². The van der Waals surface area contributed by atoms with Crippen LogP contribution >= 0.6 is 22.7 Å². The van der Waals surface area contributed by atoms with Crippen molar-refractivity contribution < 1.29 is 4.79 Å². The number of aromatic nitrogens is 3. The number of carbonyl (C=O) groups is 1. The molecule has 1 fully saturated rings. The third kappa shape index (κ3) is 3.98. The summed E-state index contributed by atoms with van der Waals surface area (Å²) in [5, 5.41) is 7.44. The topological polar surface area (TPSA) is 80.1 Å². The molecule has 1 saturated heterocycles. The number of hydrogen-bond acceptors (Lipinski definition) is 7. The lowest BCUT2D eigenvalue weighted by Gasteiger charge is -2.29. The number of carbonyl (C=O) groups excluding carboxylic acids is 1. The molecule has 5 heterocycles. The van der Waals surface area contributed by atoms with E-state index in [2.05, 4.69) is 20.2 Å². The molecule has 1 aliphatic heterocycles. The van der Waals surface area contributed by atoms with Gasteiger partial charge in [0.05, 0.1) is 17.4 Å². The van der Waals surface area contributed by atoms with Crippen molar-refractivity contribution in [1.82, 2.24) is 14.5 Å². The maximum absolute atomic E-state index is 13.1.